The average Bonchev–Trinajstić information content (AvgIpc) is 2.62. The van der Waals surface area contributed by atoms with Crippen LogP contribution in [0.5, 0.6) is 0 Å². The van der Waals surface area contributed by atoms with Gasteiger partial charge in [-0.3, -0.25) is 10.1 Å². The molecule has 1 N–H and O–H groups in total. The average molecular weight is 242 g/mol. The SMILES string of the molecule is CCCC1NC(CC)C(=O)N1CCCCOC. The minimum absolute atomic E-state index is 0.0361. The number of unbranched alkanes of at least 4 members (excludes halogenated alkanes) is 1. The topological polar surface area (TPSA) is 41.6 Å². The van der Waals surface area contributed by atoms with Gasteiger partial charge in [-0.25, -0.2) is 0 Å². The van der Waals surface area contributed by atoms with Gasteiger partial charge in [0.1, 0.15) is 0 Å². The van der Waals surface area contributed by atoms with Crippen LogP contribution in [0.25, 0.3) is 0 Å². The molecule has 1 heterocycles. The van der Waals surface area contributed by atoms with Crippen molar-refractivity contribution in [2.45, 2.75) is 58.2 Å². The zero-order valence-corrected chi connectivity index (χ0v) is 11.4. The van der Waals surface area contributed by atoms with Crippen molar-refractivity contribution < 1.29 is 9.53 Å². The van der Waals surface area contributed by atoms with E-state index in [2.05, 4.69) is 19.2 Å². The third-order valence-corrected chi connectivity index (χ3v) is 3.32. The lowest BCUT2D eigenvalue weighted by Crippen LogP contribution is -2.37. The molecule has 100 valence electrons. The van der Waals surface area contributed by atoms with Crippen LogP contribution in [0.2, 0.25) is 0 Å². The van der Waals surface area contributed by atoms with Crippen molar-refractivity contribution in [3.8, 4) is 0 Å². The summed E-state index contributed by atoms with van der Waals surface area (Å²) in [6.45, 7) is 5.86. The first-order valence-electron chi connectivity index (χ1n) is 6.80. The number of hydrogen-bond donors (Lipinski definition) is 1. The molecule has 0 spiro atoms. The lowest BCUT2D eigenvalue weighted by molar-refractivity contribution is -0.130. The molecule has 1 aliphatic rings. The zero-order chi connectivity index (χ0) is 12.7. The van der Waals surface area contributed by atoms with Gasteiger partial charge in [-0.15, -0.1) is 0 Å². The molecule has 1 rings (SSSR count). The third kappa shape index (κ3) is 3.96. The molecular formula is C13H26N2O2. The fourth-order valence-corrected chi connectivity index (χ4v) is 2.35. The van der Waals surface area contributed by atoms with Crippen molar-refractivity contribution in [1.29, 1.82) is 0 Å². The van der Waals surface area contributed by atoms with Crippen molar-refractivity contribution in [3.63, 3.8) is 0 Å². The van der Waals surface area contributed by atoms with Crippen LogP contribution in [0, 0.1) is 0 Å². The van der Waals surface area contributed by atoms with Gasteiger partial charge in [0.25, 0.3) is 0 Å². The van der Waals surface area contributed by atoms with Gasteiger partial charge in [0.05, 0.1) is 12.2 Å². The van der Waals surface area contributed by atoms with Gasteiger partial charge in [0.2, 0.25) is 5.91 Å². The first kappa shape index (κ1) is 14.5. The minimum atomic E-state index is 0.0361. The van der Waals surface area contributed by atoms with E-state index in [-0.39, 0.29) is 18.1 Å². The molecule has 0 aromatic rings. The van der Waals surface area contributed by atoms with E-state index in [9.17, 15) is 4.79 Å². The Labute approximate surface area is 105 Å². The van der Waals surface area contributed by atoms with Gasteiger partial charge < -0.3 is 9.64 Å². The molecule has 0 aromatic carbocycles. The van der Waals surface area contributed by atoms with Crippen LogP contribution in [-0.4, -0.2) is 43.3 Å². The van der Waals surface area contributed by atoms with E-state index >= 15 is 0 Å². The summed E-state index contributed by atoms with van der Waals surface area (Å²) in [5.41, 5.74) is 0. The highest BCUT2D eigenvalue weighted by molar-refractivity contribution is 5.84. The monoisotopic (exact) mass is 242 g/mol. The first-order valence-corrected chi connectivity index (χ1v) is 6.80. The predicted octanol–water partition coefficient (Wildman–Crippen LogP) is 1.75. The normalized spacial score (nSPS) is 24.6. The van der Waals surface area contributed by atoms with Crippen LogP contribution in [-0.2, 0) is 9.53 Å². The molecule has 17 heavy (non-hydrogen) atoms. The number of hydrogen-bond acceptors (Lipinski definition) is 3. The van der Waals surface area contributed by atoms with E-state index in [4.69, 9.17) is 4.74 Å². The number of amides is 1. The summed E-state index contributed by atoms with van der Waals surface area (Å²) in [6.07, 6.45) is 5.34. The van der Waals surface area contributed by atoms with Gasteiger partial charge in [0, 0.05) is 20.3 Å². The van der Waals surface area contributed by atoms with E-state index in [0.717, 1.165) is 45.3 Å². The van der Waals surface area contributed by atoms with E-state index in [1.54, 1.807) is 7.11 Å². The van der Waals surface area contributed by atoms with Crippen molar-refractivity contribution >= 4 is 5.91 Å². The summed E-state index contributed by atoms with van der Waals surface area (Å²) in [6, 6.07) is 0.0361. The van der Waals surface area contributed by atoms with E-state index in [1.165, 1.54) is 0 Å². The smallest absolute Gasteiger partial charge is 0.241 e. The number of carbonyl (C=O) groups excluding carboxylic acids is 1. The van der Waals surface area contributed by atoms with Crippen LogP contribution in [0.3, 0.4) is 0 Å². The maximum Gasteiger partial charge on any atom is 0.241 e. The van der Waals surface area contributed by atoms with Crippen LogP contribution in [0.15, 0.2) is 0 Å². The molecule has 0 saturated carbocycles. The molecule has 0 aromatic heterocycles. The second kappa shape index (κ2) is 7.67. The highest BCUT2D eigenvalue weighted by atomic mass is 16.5. The Morgan fingerprint density at radius 2 is 2.12 bits per heavy atom. The molecule has 4 heteroatoms. The van der Waals surface area contributed by atoms with Crippen molar-refractivity contribution in [3.05, 3.63) is 0 Å². The Hall–Kier alpha value is -0.610. The number of carbonyl (C=O) groups is 1. The van der Waals surface area contributed by atoms with Crippen molar-refractivity contribution in [1.82, 2.24) is 10.2 Å². The van der Waals surface area contributed by atoms with Crippen LogP contribution < -0.4 is 5.32 Å². The molecule has 0 aliphatic carbocycles. The lowest BCUT2D eigenvalue weighted by Gasteiger charge is -2.23. The summed E-state index contributed by atoms with van der Waals surface area (Å²) < 4.78 is 5.03. The summed E-state index contributed by atoms with van der Waals surface area (Å²) in [5, 5.41) is 3.43. The van der Waals surface area contributed by atoms with E-state index < -0.39 is 0 Å². The molecule has 0 bridgehead atoms. The highest BCUT2D eigenvalue weighted by Crippen LogP contribution is 2.17. The molecule has 2 unspecified atom stereocenters. The van der Waals surface area contributed by atoms with Gasteiger partial charge >= 0.3 is 0 Å². The van der Waals surface area contributed by atoms with Gasteiger partial charge in [-0.05, 0) is 25.7 Å². The van der Waals surface area contributed by atoms with Gasteiger partial charge in [-0.1, -0.05) is 20.3 Å². The molecule has 2 atom stereocenters. The molecule has 4 nitrogen and oxygen atoms in total. The third-order valence-electron chi connectivity index (χ3n) is 3.32. The summed E-state index contributed by atoms with van der Waals surface area (Å²) in [7, 11) is 1.72. The number of nitrogens with one attached hydrogen (secondary N) is 1. The maximum atomic E-state index is 12.1. The molecule has 1 fully saturated rings. The predicted molar refractivity (Wildman–Crippen MR) is 68.7 cm³/mol. The fraction of sp³-hybridized carbons (Fsp3) is 0.923. The van der Waals surface area contributed by atoms with Gasteiger partial charge in [-0.2, -0.15) is 0 Å². The second-order valence-corrected chi connectivity index (χ2v) is 4.66. The largest absolute Gasteiger partial charge is 0.385 e. The summed E-state index contributed by atoms with van der Waals surface area (Å²) in [5.74, 6) is 0.281. The van der Waals surface area contributed by atoms with Crippen LogP contribution in [0.1, 0.15) is 46.0 Å². The Balaban J connectivity index is 2.43. The highest BCUT2D eigenvalue weighted by Gasteiger charge is 2.36. The van der Waals surface area contributed by atoms with Crippen LogP contribution in [0.4, 0.5) is 0 Å². The molecule has 1 amide bonds. The lowest BCUT2D eigenvalue weighted by atomic mass is 10.2. The van der Waals surface area contributed by atoms with Crippen molar-refractivity contribution in [2.75, 3.05) is 20.3 Å². The maximum absolute atomic E-state index is 12.1. The summed E-state index contributed by atoms with van der Waals surface area (Å²) in [4.78, 5) is 14.1. The fourth-order valence-electron chi connectivity index (χ4n) is 2.35. The number of nitrogens with zero attached hydrogens (tertiary/aromatic N) is 1. The second-order valence-electron chi connectivity index (χ2n) is 4.66. The molecule has 1 aliphatic heterocycles. The molecular weight excluding hydrogens is 216 g/mol. The number of ether oxygens (including phenoxy) is 1. The van der Waals surface area contributed by atoms with Gasteiger partial charge in [0.15, 0.2) is 0 Å². The zero-order valence-electron chi connectivity index (χ0n) is 11.4. The van der Waals surface area contributed by atoms with E-state index in [0.29, 0.717) is 0 Å². The Morgan fingerprint density at radius 3 is 2.71 bits per heavy atom. The minimum Gasteiger partial charge on any atom is -0.385 e. The Morgan fingerprint density at radius 1 is 1.35 bits per heavy atom. The van der Waals surface area contributed by atoms with E-state index in [1.807, 2.05) is 4.90 Å². The van der Waals surface area contributed by atoms with Crippen LogP contribution >= 0.6 is 0 Å². The number of methoxy groups -OCH3 is 1. The summed E-state index contributed by atoms with van der Waals surface area (Å²) >= 11 is 0. The standard InChI is InChI=1S/C13H26N2O2/c1-4-8-12-14-11(5-2)13(16)15(12)9-6-7-10-17-3/h11-12,14H,4-10H2,1-3H3. The van der Waals surface area contributed by atoms with Crippen molar-refractivity contribution in [2.24, 2.45) is 0 Å². The quantitative estimate of drug-likeness (QED) is 0.659. The molecule has 0 radical (unpaired) electrons. The molecule has 1 saturated heterocycles. The Kier molecular flexibility index (Phi) is 6.52. The first-order chi connectivity index (χ1) is 8.24. The number of rotatable bonds is 8. The Bertz CT molecular complexity index is 233.